The normalized spacial score (nSPS) is 21.0. The van der Waals surface area contributed by atoms with Crippen molar-refractivity contribution in [1.29, 1.82) is 0 Å². The lowest BCUT2D eigenvalue weighted by atomic mass is 9.86. The average molecular weight is 325 g/mol. The maximum Gasteiger partial charge on any atom is 0.321 e. The van der Waals surface area contributed by atoms with Crippen LogP contribution in [-0.2, 0) is 4.79 Å². The van der Waals surface area contributed by atoms with E-state index in [9.17, 15) is 9.59 Å². The predicted octanol–water partition coefficient (Wildman–Crippen LogP) is 3.12. The zero-order valence-corrected chi connectivity index (χ0v) is 13.4. The number of hydrogen-bond acceptors (Lipinski definition) is 3. The number of nitrogens with one attached hydrogen (secondary N) is 2. The Kier molecular flexibility index (Phi) is 6.07. The third kappa shape index (κ3) is 4.91. The Balaban J connectivity index is 1.74. The minimum Gasteiger partial charge on any atom is -0.482 e. The van der Waals surface area contributed by atoms with Gasteiger partial charge in [0.1, 0.15) is 5.75 Å². The molecule has 22 heavy (non-hydrogen) atoms. The molecule has 1 aromatic carbocycles. The van der Waals surface area contributed by atoms with E-state index in [1.165, 1.54) is 6.42 Å². The molecule has 0 heterocycles. The van der Waals surface area contributed by atoms with E-state index in [2.05, 4.69) is 17.6 Å². The van der Waals surface area contributed by atoms with Gasteiger partial charge in [0, 0.05) is 6.04 Å². The number of carbonyl (C=O) groups is 2. The van der Waals surface area contributed by atoms with E-state index in [1.54, 1.807) is 24.3 Å². The third-order valence-corrected chi connectivity index (χ3v) is 4.19. The van der Waals surface area contributed by atoms with E-state index in [4.69, 9.17) is 16.3 Å². The summed E-state index contributed by atoms with van der Waals surface area (Å²) in [5, 5.41) is 5.56. The third-order valence-electron chi connectivity index (χ3n) is 3.88. The van der Waals surface area contributed by atoms with Crippen molar-refractivity contribution in [2.75, 3.05) is 6.61 Å². The molecule has 1 saturated carbocycles. The van der Waals surface area contributed by atoms with Crippen molar-refractivity contribution in [3.05, 3.63) is 29.3 Å². The van der Waals surface area contributed by atoms with Gasteiger partial charge in [0.15, 0.2) is 6.61 Å². The maximum atomic E-state index is 11.8. The molecule has 1 aliphatic carbocycles. The quantitative estimate of drug-likeness (QED) is 0.894. The first-order chi connectivity index (χ1) is 10.6. The van der Waals surface area contributed by atoms with E-state index < -0.39 is 11.9 Å². The summed E-state index contributed by atoms with van der Waals surface area (Å²) in [5.41, 5.74) is 0. The summed E-state index contributed by atoms with van der Waals surface area (Å²) in [6.45, 7) is 1.86. The molecular weight excluding hydrogens is 304 g/mol. The lowest BCUT2D eigenvalue weighted by Gasteiger charge is -2.29. The Morgan fingerprint density at radius 1 is 1.27 bits per heavy atom. The molecule has 2 atom stereocenters. The fourth-order valence-electron chi connectivity index (χ4n) is 2.60. The van der Waals surface area contributed by atoms with Gasteiger partial charge in [0.25, 0.3) is 5.91 Å². The van der Waals surface area contributed by atoms with Gasteiger partial charge in [0.05, 0.1) is 5.02 Å². The summed E-state index contributed by atoms with van der Waals surface area (Å²) in [6.07, 6.45) is 4.37. The van der Waals surface area contributed by atoms with Crippen molar-refractivity contribution in [2.24, 2.45) is 5.92 Å². The first kappa shape index (κ1) is 16.6. The van der Waals surface area contributed by atoms with Crippen LogP contribution in [-0.4, -0.2) is 24.6 Å². The summed E-state index contributed by atoms with van der Waals surface area (Å²) < 4.78 is 5.29. The van der Waals surface area contributed by atoms with Crippen LogP contribution in [0.5, 0.6) is 5.75 Å². The highest BCUT2D eigenvalue weighted by Gasteiger charge is 2.23. The molecule has 6 heteroatoms. The molecule has 0 saturated heterocycles. The smallest absolute Gasteiger partial charge is 0.321 e. The Morgan fingerprint density at radius 2 is 2.00 bits per heavy atom. The number of hydrogen-bond donors (Lipinski definition) is 2. The molecule has 0 unspecified atom stereocenters. The standard InChI is InChI=1S/C16H21ClN2O3/c1-11-6-2-4-8-13(11)18-16(21)19-15(20)10-22-14-9-5-3-7-12(14)17/h3,5,7,9,11,13H,2,4,6,8,10H2,1H3,(H2,18,19,20,21)/t11-,13+/m0/s1. The summed E-state index contributed by atoms with van der Waals surface area (Å²) in [4.78, 5) is 23.5. The van der Waals surface area contributed by atoms with Gasteiger partial charge in [-0.2, -0.15) is 0 Å². The molecule has 1 fully saturated rings. The number of carbonyl (C=O) groups excluding carboxylic acids is 2. The fraction of sp³-hybridized carbons (Fsp3) is 0.500. The Morgan fingerprint density at radius 3 is 2.73 bits per heavy atom. The molecule has 5 nitrogen and oxygen atoms in total. The van der Waals surface area contributed by atoms with Crippen LogP contribution in [0, 0.1) is 5.92 Å². The number of para-hydroxylation sites is 1. The Bertz CT molecular complexity index is 536. The second kappa shape index (κ2) is 8.03. The molecule has 3 amide bonds. The molecular formula is C16H21ClN2O3. The number of benzene rings is 1. The number of urea groups is 1. The van der Waals surface area contributed by atoms with Crippen molar-refractivity contribution in [3.63, 3.8) is 0 Å². The second-order valence-corrected chi connectivity index (χ2v) is 6.02. The first-order valence-corrected chi connectivity index (χ1v) is 7.91. The van der Waals surface area contributed by atoms with Crippen LogP contribution in [0.1, 0.15) is 32.6 Å². The molecule has 2 N–H and O–H groups in total. The summed E-state index contributed by atoms with van der Waals surface area (Å²) in [5.74, 6) is 0.357. The monoisotopic (exact) mass is 324 g/mol. The Hall–Kier alpha value is -1.75. The molecule has 120 valence electrons. The summed E-state index contributed by atoms with van der Waals surface area (Å²) in [6, 6.07) is 6.54. The van der Waals surface area contributed by atoms with Gasteiger partial charge in [-0.05, 0) is 30.9 Å². The van der Waals surface area contributed by atoms with Gasteiger partial charge in [-0.1, -0.05) is 43.5 Å². The molecule has 1 aromatic rings. The minimum absolute atomic E-state index is 0.131. The Labute approximate surface area is 135 Å². The van der Waals surface area contributed by atoms with Crippen LogP contribution in [0.2, 0.25) is 5.02 Å². The molecule has 2 rings (SSSR count). The van der Waals surface area contributed by atoms with Gasteiger partial charge >= 0.3 is 6.03 Å². The van der Waals surface area contributed by atoms with Gasteiger partial charge in [-0.15, -0.1) is 0 Å². The average Bonchev–Trinajstić information content (AvgIpc) is 2.49. The van der Waals surface area contributed by atoms with Gasteiger partial charge in [-0.3, -0.25) is 10.1 Å². The molecule has 0 bridgehead atoms. The van der Waals surface area contributed by atoms with Crippen LogP contribution in [0.4, 0.5) is 4.79 Å². The van der Waals surface area contributed by atoms with Crippen LogP contribution >= 0.6 is 11.6 Å². The first-order valence-electron chi connectivity index (χ1n) is 7.54. The van der Waals surface area contributed by atoms with Crippen LogP contribution in [0.3, 0.4) is 0 Å². The van der Waals surface area contributed by atoms with Crippen molar-refractivity contribution < 1.29 is 14.3 Å². The molecule has 0 spiro atoms. The van der Waals surface area contributed by atoms with Gasteiger partial charge in [0.2, 0.25) is 0 Å². The topological polar surface area (TPSA) is 67.4 Å². The van der Waals surface area contributed by atoms with Crippen molar-refractivity contribution in [3.8, 4) is 5.75 Å². The molecule has 0 radical (unpaired) electrons. The molecule has 0 aromatic heterocycles. The highest BCUT2D eigenvalue weighted by atomic mass is 35.5. The van der Waals surface area contributed by atoms with E-state index in [0.29, 0.717) is 16.7 Å². The number of amides is 3. The van der Waals surface area contributed by atoms with E-state index in [1.807, 2.05) is 0 Å². The van der Waals surface area contributed by atoms with Crippen molar-refractivity contribution >= 4 is 23.5 Å². The van der Waals surface area contributed by atoms with Crippen LogP contribution in [0.25, 0.3) is 0 Å². The number of rotatable bonds is 4. The van der Waals surface area contributed by atoms with Crippen molar-refractivity contribution in [2.45, 2.75) is 38.6 Å². The van der Waals surface area contributed by atoms with Gasteiger partial charge < -0.3 is 10.1 Å². The SMILES string of the molecule is C[C@H]1CCCC[C@H]1NC(=O)NC(=O)COc1ccccc1Cl. The second-order valence-electron chi connectivity index (χ2n) is 5.61. The zero-order valence-electron chi connectivity index (χ0n) is 12.6. The highest BCUT2D eigenvalue weighted by Crippen LogP contribution is 2.24. The fourth-order valence-corrected chi connectivity index (χ4v) is 2.79. The number of ether oxygens (including phenoxy) is 1. The van der Waals surface area contributed by atoms with E-state index in [-0.39, 0.29) is 12.6 Å². The summed E-state index contributed by atoms with van der Waals surface area (Å²) in [7, 11) is 0. The molecule has 1 aliphatic rings. The highest BCUT2D eigenvalue weighted by molar-refractivity contribution is 6.32. The van der Waals surface area contributed by atoms with E-state index in [0.717, 1.165) is 19.3 Å². The minimum atomic E-state index is -0.499. The van der Waals surface area contributed by atoms with E-state index >= 15 is 0 Å². The number of imide groups is 1. The van der Waals surface area contributed by atoms with Crippen LogP contribution < -0.4 is 15.4 Å². The molecule has 0 aliphatic heterocycles. The van der Waals surface area contributed by atoms with Gasteiger partial charge in [-0.25, -0.2) is 4.79 Å². The number of halogens is 1. The maximum absolute atomic E-state index is 11.8. The summed E-state index contributed by atoms with van der Waals surface area (Å²) >= 11 is 5.92. The van der Waals surface area contributed by atoms with Crippen molar-refractivity contribution in [1.82, 2.24) is 10.6 Å². The predicted molar refractivity (Wildman–Crippen MR) is 85.0 cm³/mol. The largest absolute Gasteiger partial charge is 0.482 e. The van der Waals surface area contributed by atoms with Crippen LogP contribution in [0.15, 0.2) is 24.3 Å². The lowest BCUT2D eigenvalue weighted by Crippen LogP contribution is -2.48. The lowest BCUT2D eigenvalue weighted by molar-refractivity contribution is -0.122. The zero-order chi connectivity index (χ0) is 15.9.